The van der Waals surface area contributed by atoms with Crippen LogP contribution in [0.1, 0.15) is 52.2 Å². The van der Waals surface area contributed by atoms with Crippen LogP contribution in [0, 0.1) is 0 Å². The Morgan fingerprint density at radius 2 is 1.78 bits per heavy atom. The lowest BCUT2D eigenvalue weighted by Gasteiger charge is -2.29. The van der Waals surface area contributed by atoms with E-state index < -0.39 is 11.9 Å². The van der Waals surface area contributed by atoms with Gasteiger partial charge in [0.15, 0.2) is 17.3 Å². The summed E-state index contributed by atoms with van der Waals surface area (Å²) in [5.74, 6) is -0.833. The Balaban J connectivity index is 1.49. The number of ketones is 1. The fourth-order valence-corrected chi connectivity index (χ4v) is 4.86. The lowest BCUT2D eigenvalue weighted by Crippen LogP contribution is -2.22. The van der Waals surface area contributed by atoms with Gasteiger partial charge in [-0.25, -0.2) is 0 Å². The number of rotatable bonds is 7. The highest BCUT2D eigenvalue weighted by molar-refractivity contribution is 6.04. The third-order valence-corrected chi connectivity index (χ3v) is 6.88. The maximum atomic E-state index is 13.2. The number of ether oxygens (including phenoxy) is 2. The number of aromatic hydroxyl groups is 3. The summed E-state index contributed by atoms with van der Waals surface area (Å²) in [5.41, 5.74) is 5.54. The Morgan fingerprint density at radius 3 is 2.49 bits per heavy atom. The molecule has 1 atom stereocenters. The van der Waals surface area contributed by atoms with Crippen molar-refractivity contribution in [1.29, 1.82) is 0 Å². The van der Waals surface area contributed by atoms with E-state index in [9.17, 15) is 20.1 Å². The molecule has 0 aliphatic carbocycles. The molecule has 0 fully saturated rings. The van der Waals surface area contributed by atoms with Gasteiger partial charge in [-0.2, -0.15) is 0 Å². The van der Waals surface area contributed by atoms with Crippen LogP contribution in [0.2, 0.25) is 0 Å². The van der Waals surface area contributed by atoms with Crippen molar-refractivity contribution in [2.45, 2.75) is 38.7 Å². The first-order valence-corrected chi connectivity index (χ1v) is 12.3. The van der Waals surface area contributed by atoms with Crippen molar-refractivity contribution in [2.24, 2.45) is 0 Å². The number of aromatic amines is 1. The number of phenolic OH excluding ortho intramolecular Hbond substituents is 3. The average Bonchev–Trinajstić information content (AvgIpc) is 3.39. The zero-order chi connectivity index (χ0) is 26.1. The molecule has 1 aliphatic heterocycles. The van der Waals surface area contributed by atoms with Crippen LogP contribution >= 0.6 is 0 Å². The Kier molecular flexibility index (Phi) is 6.53. The minimum atomic E-state index is -0.615. The summed E-state index contributed by atoms with van der Waals surface area (Å²) < 4.78 is 11.5. The average molecular weight is 500 g/mol. The summed E-state index contributed by atoms with van der Waals surface area (Å²) in [7, 11) is 1.34. The minimum absolute atomic E-state index is 0.0111. The normalized spacial score (nSPS) is 14.8. The lowest BCUT2D eigenvalue weighted by molar-refractivity contribution is 0.0840. The number of nitrogens with one attached hydrogen (secondary N) is 1. The largest absolute Gasteiger partial charge is 0.508 e. The highest BCUT2D eigenvalue weighted by Crippen LogP contribution is 2.52. The summed E-state index contributed by atoms with van der Waals surface area (Å²) >= 11 is 0. The van der Waals surface area contributed by atoms with Crippen LogP contribution < -0.4 is 9.47 Å². The van der Waals surface area contributed by atoms with Gasteiger partial charge in [0, 0.05) is 17.5 Å². The molecule has 1 aliphatic rings. The van der Waals surface area contributed by atoms with Crippen LogP contribution in [-0.2, 0) is 19.3 Å². The second-order valence-corrected chi connectivity index (χ2v) is 9.21. The lowest BCUT2D eigenvalue weighted by atomic mass is 9.90. The van der Waals surface area contributed by atoms with Crippen LogP contribution in [0.5, 0.6) is 28.7 Å². The van der Waals surface area contributed by atoms with E-state index in [4.69, 9.17) is 9.47 Å². The Hall–Kier alpha value is -4.39. The number of benzene rings is 3. The van der Waals surface area contributed by atoms with Gasteiger partial charge < -0.3 is 29.8 Å². The van der Waals surface area contributed by atoms with E-state index in [1.54, 1.807) is 12.1 Å². The van der Waals surface area contributed by atoms with E-state index in [0.29, 0.717) is 24.0 Å². The number of methoxy groups -OCH3 is 1. The van der Waals surface area contributed by atoms with Crippen molar-refractivity contribution < 1.29 is 29.6 Å². The fourth-order valence-electron chi connectivity index (χ4n) is 4.86. The molecule has 0 saturated carbocycles. The highest BCUT2D eigenvalue weighted by Gasteiger charge is 2.36. The number of phenols is 3. The molecule has 0 bridgehead atoms. The van der Waals surface area contributed by atoms with Crippen molar-refractivity contribution in [3.05, 3.63) is 88.7 Å². The highest BCUT2D eigenvalue weighted by atomic mass is 16.5. The van der Waals surface area contributed by atoms with Crippen molar-refractivity contribution >= 4 is 5.78 Å². The van der Waals surface area contributed by atoms with Crippen molar-refractivity contribution in [3.63, 3.8) is 0 Å². The van der Waals surface area contributed by atoms with Gasteiger partial charge in [-0.05, 0) is 59.7 Å². The zero-order valence-corrected chi connectivity index (χ0v) is 20.7. The summed E-state index contributed by atoms with van der Waals surface area (Å²) in [5, 5.41) is 31.4. The van der Waals surface area contributed by atoms with E-state index in [1.165, 1.54) is 19.2 Å². The first-order valence-electron chi connectivity index (χ1n) is 12.3. The number of hydrogen-bond donors (Lipinski definition) is 4. The zero-order valence-electron chi connectivity index (χ0n) is 20.7. The van der Waals surface area contributed by atoms with Gasteiger partial charge in [0.25, 0.3) is 0 Å². The molecule has 2 heterocycles. The van der Waals surface area contributed by atoms with Crippen LogP contribution in [0.15, 0.2) is 60.8 Å². The molecule has 7 heteroatoms. The third kappa shape index (κ3) is 4.60. The van der Waals surface area contributed by atoms with Gasteiger partial charge in [0.05, 0.1) is 13.5 Å². The van der Waals surface area contributed by atoms with Gasteiger partial charge in [0.1, 0.15) is 23.2 Å². The van der Waals surface area contributed by atoms with E-state index in [-0.39, 0.29) is 40.8 Å². The number of hydrogen-bond acceptors (Lipinski definition) is 6. The predicted octanol–water partition coefficient (Wildman–Crippen LogP) is 5.86. The van der Waals surface area contributed by atoms with Crippen LogP contribution in [0.3, 0.4) is 0 Å². The van der Waals surface area contributed by atoms with E-state index in [2.05, 4.69) is 30.1 Å². The molecule has 0 radical (unpaired) electrons. The molecular weight excluding hydrogens is 470 g/mol. The first kappa shape index (κ1) is 24.3. The Morgan fingerprint density at radius 1 is 1.00 bits per heavy atom. The molecule has 190 valence electrons. The molecular formula is C30H29NO6. The van der Waals surface area contributed by atoms with E-state index >= 15 is 0 Å². The molecule has 4 N–H and O–H groups in total. The second kappa shape index (κ2) is 9.93. The molecule has 0 spiro atoms. The van der Waals surface area contributed by atoms with Crippen molar-refractivity contribution in [3.8, 4) is 39.9 Å². The van der Waals surface area contributed by atoms with Crippen molar-refractivity contribution in [1.82, 2.24) is 4.98 Å². The molecule has 3 aromatic carbocycles. The number of carbonyl (C=O) groups excluding carboxylic acids is 1. The van der Waals surface area contributed by atoms with Gasteiger partial charge in [-0.15, -0.1) is 0 Å². The predicted molar refractivity (Wildman–Crippen MR) is 140 cm³/mol. The molecule has 1 unspecified atom stereocenters. The third-order valence-electron chi connectivity index (χ3n) is 6.88. The number of carbonyl (C=O) groups is 1. The summed E-state index contributed by atoms with van der Waals surface area (Å²) in [6.07, 6.45) is 3.24. The van der Waals surface area contributed by atoms with Crippen molar-refractivity contribution in [2.75, 3.05) is 7.11 Å². The monoisotopic (exact) mass is 499 g/mol. The Bertz CT molecular complexity index is 1450. The molecule has 5 rings (SSSR count). The number of H-pyrrole nitrogens is 1. The van der Waals surface area contributed by atoms with Gasteiger partial charge in [0.2, 0.25) is 5.75 Å². The molecule has 0 saturated heterocycles. The molecule has 7 nitrogen and oxygen atoms in total. The SMILES string of the molecule is CCc1cc(-c2cccc(CCc3c(O)c(OC)c(O)c4c3OC(c3ccc(O)cc3)CC4=O)c2)c[nH]1. The quantitative estimate of drug-likeness (QED) is 0.253. The summed E-state index contributed by atoms with van der Waals surface area (Å²) in [6, 6.07) is 16.8. The number of Topliss-reactive ketones (excluding diaryl/α,β-unsaturated/α-hetero) is 1. The first-order chi connectivity index (χ1) is 17.9. The molecule has 4 aromatic rings. The van der Waals surface area contributed by atoms with E-state index in [0.717, 1.165) is 28.8 Å². The maximum Gasteiger partial charge on any atom is 0.204 e. The van der Waals surface area contributed by atoms with Gasteiger partial charge in [-0.1, -0.05) is 43.3 Å². The topological polar surface area (TPSA) is 112 Å². The second-order valence-electron chi connectivity index (χ2n) is 9.21. The minimum Gasteiger partial charge on any atom is -0.508 e. The number of fused-ring (bicyclic) bond motifs is 1. The standard InChI is InChI=1S/C30H29NO6/c1-3-21-14-20(16-31-21)19-6-4-5-17(13-19)7-12-23-27(34)30(36-2)28(35)26-24(33)15-25(37-29(23)26)18-8-10-22(32)11-9-18/h4-6,8-11,13-14,16,25,31-32,34-35H,3,7,12,15H2,1-2H3. The van der Waals surface area contributed by atoms with Gasteiger partial charge in [-0.3, -0.25) is 4.79 Å². The molecule has 0 amide bonds. The number of aryl methyl sites for hydroxylation is 2. The van der Waals surface area contributed by atoms with E-state index in [1.807, 2.05) is 18.3 Å². The smallest absolute Gasteiger partial charge is 0.204 e. The fraction of sp³-hybridized carbons (Fsp3) is 0.233. The van der Waals surface area contributed by atoms with Crippen LogP contribution in [0.25, 0.3) is 11.1 Å². The van der Waals surface area contributed by atoms with Crippen LogP contribution in [0.4, 0.5) is 0 Å². The molecule has 1 aromatic heterocycles. The Labute approximate surface area is 214 Å². The maximum absolute atomic E-state index is 13.2. The van der Waals surface area contributed by atoms with Gasteiger partial charge >= 0.3 is 0 Å². The van der Waals surface area contributed by atoms with Crippen LogP contribution in [-0.4, -0.2) is 33.2 Å². The molecule has 37 heavy (non-hydrogen) atoms. The summed E-state index contributed by atoms with van der Waals surface area (Å²) in [6.45, 7) is 2.10. The summed E-state index contributed by atoms with van der Waals surface area (Å²) in [4.78, 5) is 16.4. The number of aromatic nitrogens is 1.